The number of anilines is 1. The molecule has 0 aromatic carbocycles. The van der Waals surface area contributed by atoms with Crippen molar-refractivity contribution in [3.63, 3.8) is 0 Å². The number of nitrogens with one attached hydrogen (secondary N) is 1. The Hall–Kier alpha value is -1.36. The zero-order valence-corrected chi connectivity index (χ0v) is 11.9. The SMILES string of the molecule is CCCN(c1nccn(CCC)c1=O)C1CCNC1. The van der Waals surface area contributed by atoms with E-state index < -0.39 is 0 Å². The molecule has 0 saturated carbocycles. The lowest BCUT2D eigenvalue weighted by molar-refractivity contribution is 0.595. The monoisotopic (exact) mass is 264 g/mol. The molecule has 0 spiro atoms. The van der Waals surface area contributed by atoms with Gasteiger partial charge in [-0.25, -0.2) is 4.98 Å². The highest BCUT2D eigenvalue weighted by molar-refractivity contribution is 5.37. The van der Waals surface area contributed by atoms with Crippen molar-refractivity contribution in [3.05, 3.63) is 22.7 Å². The van der Waals surface area contributed by atoms with E-state index in [0.29, 0.717) is 11.9 Å². The van der Waals surface area contributed by atoms with Gasteiger partial charge < -0.3 is 14.8 Å². The van der Waals surface area contributed by atoms with Gasteiger partial charge in [-0.3, -0.25) is 4.79 Å². The van der Waals surface area contributed by atoms with Gasteiger partial charge in [0.15, 0.2) is 5.82 Å². The van der Waals surface area contributed by atoms with Crippen molar-refractivity contribution < 1.29 is 0 Å². The van der Waals surface area contributed by atoms with Crippen molar-refractivity contribution in [2.75, 3.05) is 24.5 Å². The molecular formula is C14H24N4O. The average molecular weight is 264 g/mol. The summed E-state index contributed by atoms with van der Waals surface area (Å²) in [6, 6.07) is 0.401. The molecular weight excluding hydrogens is 240 g/mol. The number of aryl methyl sites for hydroxylation is 1. The third-order valence-corrected chi connectivity index (χ3v) is 3.57. The van der Waals surface area contributed by atoms with Gasteiger partial charge in [-0.15, -0.1) is 0 Å². The van der Waals surface area contributed by atoms with Crippen molar-refractivity contribution in [3.8, 4) is 0 Å². The van der Waals surface area contributed by atoms with Crippen LogP contribution in [0.5, 0.6) is 0 Å². The van der Waals surface area contributed by atoms with Gasteiger partial charge >= 0.3 is 0 Å². The number of hydrogen-bond acceptors (Lipinski definition) is 4. The molecule has 1 fully saturated rings. The van der Waals surface area contributed by atoms with Crippen LogP contribution in [0.15, 0.2) is 17.2 Å². The Kier molecular flexibility index (Phi) is 4.96. The van der Waals surface area contributed by atoms with E-state index >= 15 is 0 Å². The molecule has 106 valence electrons. The second-order valence-corrected chi connectivity index (χ2v) is 5.09. The predicted octanol–water partition coefficient (Wildman–Crippen LogP) is 1.23. The molecule has 0 radical (unpaired) electrons. The first kappa shape index (κ1) is 14.1. The minimum Gasteiger partial charge on any atom is -0.348 e. The molecule has 2 heterocycles. The third kappa shape index (κ3) is 3.15. The van der Waals surface area contributed by atoms with Gasteiger partial charge in [0.1, 0.15) is 0 Å². The van der Waals surface area contributed by atoms with Gasteiger partial charge in [-0.05, 0) is 25.8 Å². The molecule has 1 aliphatic heterocycles. The van der Waals surface area contributed by atoms with Gasteiger partial charge in [-0.1, -0.05) is 13.8 Å². The normalized spacial score (nSPS) is 18.7. The van der Waals surface area contributed by atoms with Crippen molar-refractivity contribution in [2.24, 2.45) is 0 Å². The molecule has 1 unspecified atom stereocenters. The highest BCUT2D eigenvalue weighted by Crippen LogP contribution is 2.14. The van der Waals surface area contributed by atoms with Crippen LogP contribution in [0, 0.1) is 0 Å². The van der Waals surface area contributed by atoms with Gasteiger partial charge in [-0.2, -0.15) is 0 Å². The van der Waals surface area contributed by atoms with E-state index in [9.17, 15) is 4.79 Å². The first-order chi connectivity index (χ1) is 9.27. The summed E-state index contributed by atoms with van der Waals surface area (Å²) >= 11 is 0. The van der Waals surface area contributed by atoms with Crippen LogP contribution in [0.25, 0.3) is 0 Å². The summed E-state index contributed by atoms with van der Waals surface area (Å²) in [7, 11) is 0. The topological polar surface area (TPSA) is 50.2 Å². The summed E-state index contributed by atoms with van der Waals surface area (Å²) in [5, 5.41) is 3.36. The smallest absolute Gasteiger partial charge is 0.293 e. The third-order valence-electron chi connectivity index (χ3n) is 3.57. The van der Waals surface area contributed by atoms with Gasteiger partial charge in [0.2, 0.25) is 0 Å². The minimum atomic E-state index is 0.0460. The number of hydrogen-bond donors (Lipinski definition) is 1. The molecule has 1 aromatic rings. The lowest BCUT2D eigenvalue weighted by Crippen LogP contribution is -2.42. The van der Waals surface area contributed by atoms with Gasteiger partial charge in [0.05, 0.1) is 0 Å². The molecule has 19 heavy (non-hydrogen) atoms. The van der Waals surface area contributed by atoms with E-state index in [4.69, 9.17) is 0 Å². The van der Waals surface area contributed by atoms with Crippen LogP contribution in [-0.4, -0.2) is 35.2 Å². The Morgan fingerprint density at radius 3 is 2.95 bits per heavy atom. The Balaban J connectivity index is 2.30. The summed E-state index contributed by atoms with van der Waals surface area (Å²) in [4.78, 5) is 19.0. The molecule has 0 bridgehead atoms. The second kappa shape index (κ2) is 6.70. The standard InChI is InChI=1S/C14H24N4O/c1-3-8-17-10-7-16-13(14(17)19)18(9-4-2)12-5-6-15-11-12/h7,10,12,15H,3-6,8-9,11H2,1-2H3. The Morgan fingerprint density at radius 2 is 2.32 bits per heavy atom. The van der Waals surface area contributed by atoms with E-state index in [1.165, 1.54) is 0 Å². The van der Waals surface area contributed by atoms with E-state index in [1.54, 1.807) is 17.0 Å². The van der Waals surface area contributed by atoms with Crippen LogP contribution in [0.4, 0.5) is 5.82 Å². The summed E-state index contributed by atoms with van der Waals surface area (Å²) in [5.74, 6) is 0.617. The zero-order valence-electron chi connectivity index (χ0n) is 11.9. The first-order valence-corrected chi connectivity index (χ1v) is 7.30. The van der Waals surface area contributed by atoms with Crippen LogP contribution < -0.4 is 15.8 Å². The number of rotatable bonds is 6. The Morgan fingerprint density at radius 1 is 1.47 bits per heavy atom. The molecule has 1 saturated heterocycles. The first-order valence-electron chi connectivity index (χ1n) is 7.30. The molecule has 1 aliphatic rings. The molecule has 2 rings (SSSR count). The summed E-state index contributed by atoms with van der Waals surface area (Å²) in [5.41, 5.74) is 0.0460. The maximum atomic E-state index is 12.5. The maximum Gasteiger partial charge on any atom is 0.293 e. The highest BCUT2D eigenvalue weighted by Gasteiger charge is 2.25. The Bertz CT molecular complexity index is 451. The maximum absolute atomic E-state index is 12.5. The Labute approximate surface area is 114 Å². The largest absolute Gasteiger partial charge is 0.348 e. The predicted molar refractivity (Wildman–Crippen MR) is 77.7 cm³/mol. The molecule has 1 N–H and O–H groups in total. The lowest BCUT2D eigenvalue weighted by atomic mass is 10.2. The highest BCUT2D eigenvalue weighted by atomic mass is 16.1. The lowest BCUT2D eigenvalue weighted by Gasteiger charge is -2.28. The summed E-state index contributed by atoms with van der Waals surface area (Å²) in [6.45, 7) is 7.85. The van der Waals surface area contributed by atoms with Crippen molar-refractivity contribution >= 4 is 5.82 Å². The molecule has 1 aromatic heterocycles. The molecule has 5 nitrogen and oxygen atoms in total. The number of aromatic nitrogens is 2. The van der Waals surface area contributed by atoms with E-state index in [-0.39, 0.29) is 5.56 Å². The van der Waals surface area contributed by atoms with Crippen molar-refractivity contribution in [1.82, 2.24) is 14.9 Å². The average Bonchev–Trinajstić information content (AvgIpc) is 2.93. The van der Waals surface area contributed by atoms with Crippen molar-refractivity contribution in [1.29, 1.82) is 0 Å². The fraction of sp³-hybridized carbons (Fsp3) is 0.714. The summed E-state index contributed by atoms with van der Waals surface area (Å²) in [6.07, 6.45) is 6.61. The quantitative estimate of drug-likeness (QED) is 0.839. The van der Waals surface area contributed by atoms with Crippen LogP contribution in [0.3, 0.4) is 0 Å². The van der Waals surface area contributed by atoms with Crippen LogP contribution in [0.1, 0.15) is 33.1 Å². The second-order valence-electron chi connectivity index (χ2n) is 5.09. The molecule has 0 amide bonds. The summed E-state index contributed by atoms with van der Waals surface area (Å²) < 4.78 is 1.77. The number of nitrogens with zero attached hydrogens (tertiary/aromatic N) is 3. The van der Waals surface area contributed by atoms with E-state index in [0.717, 1.165) is 45.4 Å². The fourth-order valence-electron chi connectivity index (χ4n) is 2.66. The molecule has 0 aliphatic carbocycles. The van der Waals surface area contributed by atoms with Gasteiger partial charge in [0.25, 0.3) is 5.56 Å². The fourth-order valence-corrected chi connectivity index (χ4v) is 2.66. The van der Waals surface area contributed by atoms with Crippen LogP contribution >= 0.6 is 0 Å². The van der Waals surface area contributed by atoms with Crippen LogP contribution in [-0.2, 0) is 6.54 Å². The van der Waals surface area contributed by atoms with Gasteiger partial charge in [0, 0.05) is 38.1 Å². The minimum absolute atomic E-state index is 0.0460. The molecule has 5 heteroatoms. The molecule has 1 atom stereocenters. The van der Waals surface area contributed by atoms with Crippen LogP contribution in [0.2, 0.25) is 0 Å². The van der Waals surface area contributed by atoms with E-state index in [2.05, 4.69) is 29.0 Å². The zero-order chi connectivity index (χ0) is 13.7. The van der Waals surface area contributed by atoms with Crippen molar-refractivity contribution in [2.45, 2.75) is 45.7 Å². The van der Waals surface area contributed by atoms with E-state index in [1.807, 2.05) is 0 Å².